The average Bonchev–Trinajstić information content (AvgIpc) is 2.86. The summed E-state index contributed by atoms with van der Waals surface area (Å²) in [6.07, 6.45) is 0.900. The van der Waals surface area contributed by atoms with E-state index in [1.165, 1.54) is 7.11 Å². The van der Waals surface area contributed by atoms with Crippen molar-refractivity contribution < 1.29 is 9.84 Å². The van der Waals surface area contributed by atoms with Crippen LogP contribution in [-0.4, -0.2) is 18.3 Å². The minimum Gasteiger partial charge on any atom is -0.504 e. The van der Waals surface area contributed by atoms with Crippen molar-refractivity contribution >= 4 is 11.6 Å². The van der Waals surface area contributed by atoms with Gasteiger partial charge in [0.15, 0.2) is 11.5 Å². The number of methoxy groups -OCH3 is 1. The number of phenols is 1. The van der Waals surface area contributed by atoms with Gasteiger partial charge in [0.25, 0.3) is 0 Å². The van der Waals surface area contributed by atoms with Crippen molar-refractivity contribution in [3.05, 3.63) is 22.7 Å². The number of ether oxygens (including phenoxy) is 1. The molecule has 3 nitrogen and oxygen atoms in total. The van der Waals surface area contributed by atoms with Crippen molar-refractivity contribution in [2.24, 2.45) is 5.73 Å². The van der Waals surface area contributed by atoms with Crippen molar-refractivity contribution in [3.63, 3.8) is 0 Å². The number of phenolic OH excluding ortho intramolecular Hbond substituents is 1. The Labute approximate surface area is 87.4 Å². The Morgan fingerprint density at radius 1 is 1.57 bits per heavy atom. The lowest BCUT2D eigenvalue weighted by molar-refractivity contribution is 0.370. The summed E-state index contributed by atoms with van der Waals surface area (Å²) < 4.78 is 5.00. The van der Waals surface area contributed by atoms with E-state index in [0.29, 0.717) is 10.8 Å². The maximum absolute atomic E-state index is 9.80. The van der Waals surface area contributed by atoms with E-state index in [9.17, 15) is 5.11 Å². The van der Waals surface area contributed by atoms with Gasteiger partial charge in [0, 0.05) is 28.6 Å². The fourth-order valence-corrected chi connectivity index (χ4v) is 1.82. The maximum Gasteiger partial charge on any atom is 0.162 e. The Morgan fingerprint density at radius 2 is 2.21 bits per heavy atom. The van der Waals surface area contributed by atoms with E-state index >= 15 is 0 Å². The molecule has 0 unspecified atom stereocenters. The van der Waals surface area contributed by atoms with Gasteiger partial charge >= 0.3 is 0 Å². The molecular weight excluding hydrogens is 202 g/mol. The minimum atomic E-state index is 0.143. The van der Waals surface area contributed by atoms with E-state index in [2.05, 4.69) is 0 Å². The number of hydrogen-bond acceptors (Lipinski definition) is 3. The largest absolute Gasteiger partial charge is 0.504 e. The molecule has 76 valence electrons. The highest BCUT2D eigenvalue weighted by atomic mass is 35.5. The van der Waals surface area contributed by atoms with Crippen LogP contribution in [-0.2, 0) is 0 Å². The number of aromatic hydroxyl groups is 1. The predicted octanol–water partition coefficient (Wildman–Crippen LogP) is 1.87. The summed E-state index contributed by atoms with van der Waals surface area (Å²) in [5.41, 5.74) is 6.51. The molecule has 1 fully saturated rings. The first-order chi connectivity index (χ1) is 6.63. The van der Waals surface area contributed by atoms with Crippen LogP contribution < -0.4 is 10.5 Å². The molecule has 3 N–H and O–H groups in total. The van der Waals surface area contributed by atoms with E-state index in [0.717, 1.165) is 12.0 Å². The van der Waals surface area contributed by atoms with Crippen molar-refractivity contribution in [2.75, 3.05) is 7.11 Å². The molecule has 0 bridgehead atoms. The summed E-state index contributed by atoms with van der Waals surface area (Å²) >= 11 is 5.89. The fourth-order valence-electron chi connectivity index (χ4n) is 1.60. The first-order valence-corrected chi connectivity index (χ1v) is 4.83. The third-order valence-electron chi connectivity index (χ3n) is 2.53. The molecule has 2 rings (SSSR count). The molecule has 0 radical (unpaired) electrons. The molecule has 0 aliphatic heterocycles. The Bertz CT molecular complexity index is 367. The number of benzene rings is 1. The summed E-state index contributed by atoms with van der Waals surface area (Å²) in [5.74, 6) is 0.795. The van der Waals surface area contributed by atoms with Crippen LogP contribution in [0.2, 0.25) is 5.02 Å². The molecule has 1 saturated carbocycles. The monoisotopic (exact) mass is 213 g/mol. The van der Waals surface area contributed by atoms with Gasteiger partial charge in [0.1, 0.15) is 0 Å². The highest BCUT2D eigenvalue weighted by Gasteiger charge is 2.37. The van der Waals surface area contributed by atoms with Gasteiger partial charge in [-0.05, 0) is 12.5 Å². The Balaban J connectivity index is 2.43. The van der Waals surface area contributed by atoms with E-state index in [1.54, 1.807) is 12.1 Å². The van der Waals surface area contributed by atoms with Crippen molar-refractivity contribution in [2.45, 2.75) is 18.4 Å². The van der Waals surface area contributed by atoms with E-state index in [4.69, 9.17) is 22.1 Å². The van der Waals surface area contributed by atoms with Gasteiger partial charge in [-0.2, -0.15) is 0 Å². The molecule has 0 heterocycles. The van der Waals surface area contributed by atoms with Crippen LogP contribution in [0.15, 0.2) is 12.1 Å². The molecule has 1 aromatic rings. The zero-order valence-corrected chi connectivity index (χ0v) is 8.58. The molecule has 0 amide bonds. The lowest BCUT2D eigenvalue weighted by Gasteiger charge is -2.09. The molecule has 14 heavy (non-hydrogen) atoms. The van der Waals surface area contributed by atoms with Crippen LogP contribution in [0.25, 0.3) is 0 Å². The highest BCUT2D eigenvalue weighted by Crippen LogP contribution is 2.47. The summed E-state index contributed by atoms with van der Waals surface area (Å²) in [6, 6.07) is 3.48. The second-order valence-electron chi connectivity index (χ2n) is 3.55. The minimum absolute atomic E-state index is 0.143. The molecule has 0 spiro atoms. The van der Waals surface area contributed by atoms with Crippen LogP contribution in [0.4, 0.5) is 0 Å². The molecule has 0 saturated heterocycles. The van der Waals surface area contributed by atoms with Crippen LogP contribution in [0.3, 0.4) is 0 Å². The standard InChI is InChI=1S/C10H12ClNO2/c1-14-9-3-5(11)2-7(10(9)13)6-4-8(6)12/h2-3,6,8,13H,4,12H2,1H3/t6-,8+/m0/s1. The van der Waals surface area contributed by atoms with Gasteiger partial charge in [0.05, 0.1) is 7.11 Å². The first-order valence-electron chi connectivity index (χ1n) is 4.45. The van der Waals surface area contributed by atoms with E-state index < -0.39 is 0 Å². The van der Waals surface area contributed by atoms with Gasteiger partial charge in [-0.3, -0.25) is 0 Å². The summed E-state index contributed by atoms with van der Waals surface area (Å²) in [7, 11) is 1.50. The normalized spacial score (nSPS) is 24.8. The molecule has 4 heteroatoms. The van der Waals surface area contributed by atoms with Gasteiger partial charge in [-0.25, -0.2) is 0 Å². The SMILES string of the molecule is COc1cc(Cl)cc([C@@H]2C[C@H]2N)c1O. The molecular formula is C10H12ClNO2. The highest BCUT2D eigenvalue weighted by molar-refractivity contribution is 6.30. The zero-order chi connectivity index (χ0) is 10.3. The second-order valence-corrected chi connectivity index (χ2v) is 3.99. The number of rotatable bonds is 2. The quantitative estimate of drug-likeness (QED) is 0.789. The van der Waals surface area contributed by atoms with Crippen LogP contribution in [0.5, 0.6) is 11.5 Å². The first kappa shape index (κ1) is 9.62. The molecule has 1 aliphatic rings. The number of hydrogen-bond donors (Lipinski definition) is 2. The summed E-state index contributed by atoms with van der Waals surface area (Å²) in [6.45, 7) is 0. The van der Waals surface area contributed by atoms with E-state index in [-0.39, 0.29) is 17.7 Å². The third-order valence-corrected chi connectivity index (χ3v) is 2.75. The number of nitrogens with two attached hydrogens (primary N) is 1. The van der Waals surface area contributed by atoms with E-state index in [1.807, 2.05) is 0 Å². The number of halogens is 1. The predicted molar refractivity (Wildman–Crippen MR) is 55.0 cm³/mol. The maximum atomic E-state index is 9.80. The van der Waals surface area contributed by atoms with Crippen molar-refractivity contribution in [1.82, 2.24) is 0 Å². The smallest absolute Gasteiger partial charge is 0.162 e. The lowest BCUT2D eigenvalue weighted by atomic mass is 10.1. The van der Waals surface area contributed by atoms with Crippen LogP contribution in [0, 0.1) is 0 Å². The van der Waals surface area contributed by atoms with Gasteiger partial charge < -0.3 is 15.6 Å². The van der Waals surface area contributed by atoms with Crippen molar-refractivity contribution in [3.8, 4) is 11.5 Å². The van der Waals surface area contributed by atoms with Gasteiger partial charge in [-0.15, -0.1) is 0 Å². The molecule has 1 aliphatic carbocycles. The Hall–Kier alpha value is -0.930. The van der Waals surface area contributed by atoms with Crippen LogP contribution in [0.1, 0.15) is 17.9 Å². The average molecular weight is 214 g/mol. The van der Waals surface area contributed by atoms with Crippen LogP contribution >= 0.6 is 11.6 Å². The van der Waals surface area contributed by atoms with Gasteiger partial charge in [-0.1, -0.05) is 11.6 Å². The molecule has 0 aromatic heterocycles. The Morgan fingerprint density at radius 3 is 2.71 bits per heavy atom. The second kappa shape index (κ2) is 3.33. The van der Waals surface area contributed by atoms with Crippen molar-refractivity contribution in [1.29, 1.82) is 0 Å². The summed E-state index contributed by atoms with van der Waals surface area (Å²) in [5, 5.41) is 10.4. The zero-order valence-electron chi connectivity index (χ0n) is 7.83. The molecule has 2 atom stereocenters. The fraction of sp³-hybridized carbons (Fsp3) is 0.400. The summed E-state index contributed by atoms with van der Waals surface area (Å²) in [4.78, 5) is 0. The molecule has 1 aromatic carbocycles. The topological polar surface area (TPSA) is 55.5 Å². The Kier molecular flexibility index (Phi) is 2.29. The van der Waals surface area contributed by atoms with Gasteiger partial charge in [0.2, 0.25) is 0 Å². The lowest BCUT2D eigenvalue weighted by Crippen LogP contribution is -2.01. The third kappa shape index (κ3) is 1.53.